The fourth-order valence-electron chi connectivity index (χ4n) is 4.95. The Morgan fingerprint density at radius 3 is 2.80 bits per heavy atom. The molecule has 41 heavy (non-hydrogen) atoms. The summed E-state index contributed by atoms with van der Waals surface area (Å²) in [6.45, 7) is 0.570. The van der Waals surface area contributed by atoms with Crippen LogP contribution in [0.3, 0.4) is 0 Å². The molecule has 9 nitrogen and oxygen atoms in total. The van der Waals surface area contributed by atoms with Gasteiger partial charge in [-0.25, -0.2) is 8.78 Å². The van der Waals surface area contributed by atoms with E-state index in [2.05, 4.69) is 20.8 Å². The van der Waals surface area contributed by atoms with Crippen molar-refractivity contribution in [3.8, 4) is 11.5 Å². The van der Waals surface area contributed by atoms with Crippen molar-refractivity contribution < 1.29 is 31.3 Å². The second-order valence-corrected chi connectivity index (χ2v) is 10.3. The van der Waals surface area contributed by atoms with Crippen LogP contribution < -0.4 is 10.6 Å². The Kier molecular flexibility index (Phi) is 8.02. The lowest BCUT2D eigenvalue weighted by Crippen LogP contribution is -2.46. The van der Waals surface area contributed by atoms with Gasteiger partial charge in [0.05, 0.1) is 35.4 Å². The number of rotatable bonds is 9. The summed E-state index contributed by atoms with van der Waals surface area (Å²) in [7, 11) is 1.84. The number of hydrogen-bond acceptors (Lipinski definition) is 6. The quantitative estimate of drug-likeness (QED) is 0.272. The molecule has 0 bridgehead atoms. The van der Waals surface area contributed by atoms with Gasteiger partial charge in [-0.05, 0) is 44.7 Å². The molecule has 1 unspecified atom stereocenters. The number of hydrogen-bond donors (Lipinski definition) is 2. The minimum absolute atomic E-state index is 0.0151. The van der Waals surface area contributed by atoms with Crippen LogP contribution in [0.25, 0.3) is 22.4 Å². The molecule has 14 heteroatoms. The molecule has 0 radical (unpaired) electrons. The van der Waals surface area contributed by atoms with Gasteiger partial charge in [0.25, 0.3) is 5.91 Å². The average Bonchev–Trinajstić information content (AvgIpc) is 3.67. The summed E-state index contributed by atoms with van der Waals surface area (Å²) in [5, 5.41) is 10.1. The van der Waals surface area contributed by atoms with Crippen LogP contribution in [-0.2, 0) is 13.1 Å². The van der Waals surface area contributed by atoms with E-state index in [0.717, 1.165) is 4.57 Å². The highest BCUT2D eigenvalue weighted by atomic mass is 19.4. The van der Waals surface area contributed by atoms with E-state index in [1.165, 1.54) is 12.3 Å². The van der Waals surface area contributed by atoms with Crippen LogP contribution in [0, 0.1) is 0 Å². The second-order valence-electron chi connectivity index (χ2n) is 10.3. The van der Waals surface area contributed by atoms with E-state index in [4.69, 9.17) is 4.52 Å². The van der Waals surface area contributed by atoms with Crippen LogP contribution in [0.1, 0.15) is 35.6 Å². The molecule has 4 aromatic rings. The summed E-state index contributed by atoms with van der Waals surface area (Å²) in [4.78, 5) is 18.6. The SMILES string of the molecule is CC(CF)n1ccc(C(=O)NCc2nc(-c3cc4c(N[C@@H]5CCN(C)C[C@@H]5F)cccc4n3CC(F)(F)F)no2)c1. The van der Waals surface area contributed by atoms with Gasteiger partial charge in [0.15, 0.2) is 0 Å². The zero-order valence-corrected chi connectivity index (χ0v) is 22.5. The van der Waals surface area contributed by atoms with Crippen LogP contribution in [0.15, 0.2) is 47.2 Å². The summed E-state index contributed by atoms with van der Waals surface area (Å²) in [5.41, 5.74) is 1.14. The topological polar surface area (TPSA) is 93.2 Å². The molecule has 1 aliphatic heterocycles. The van der Waals surface area contributed by atoms with Crippen molar-refractivity contribution >= 4 is 22.5 Å². The second kappa shape index (κ2) is 11.5. The van der Waals surface area contributed by atoms with Gasteiger partial charge in [-0.2, -0.15) is 18.2 Å². The van der Waals surface area contributed by atoms with Crippen molar-refractivity contribution in [2.45, 2.75) is 50.9 Å². The molecule has 0 aliphatic carbocycles. The predicted molar refractivity (Wildman–Crippen MR) is 142 cm³/mol. The summed E-state index contributed by atoms with van der Waals surface area (Å²) in [6, 6.07) is 7.03. The molecule has 4 heterocycles. The Balaban J connectivity index is 1.39. The number of benzene rings is 1. The van der Waals surface area contributed by atoms with Gasteiger partial charge in [-0.3, -0.25) is 4.79 Å². The summed E-state index contributed by atoms with van der Waals surface area (Å²) < 4.78 is 76.4. The van der Waals surface area contributed by atoms with Crippen molar-refractivity contribution in [1.29, 1.82) is 0 Å². The zero-order valence-electron chi connectivity index (χ0n) is 22.5. The van der Waals surface area contributed by atoms with Crippen LogP contribution >= 0.6 is 0 Å². The Bertz CT molecular complexity index is 1510. The minimum atomic E-state index is -4.54. The molecule has 3 atom stereocenters. The number of alkyl halides is 5. The van der Waals surface area contributed by atoms with E-state index in [1.54, 1.807) is 42.0 Å². The number of nitrogens with one attached hydrogen (secondary N) is 2. The van der Waals surface area contributed by atoms with Crippen molar-refractivity contribution in [3.63, 3.8) is 0 Å². The molecule has 1 fully saturated rings. The molecule has 2 N–H and O–H groups in total. The highest BCUT2D eigenvalue weighted by Gasteiger charge is 2.32. The van der Waals surface area contributed by atoms with Gasteiger partial charge in [0.1, 0.15) is 19.4 Å². The largest absolute Gasteiger partial charge is 0.406 e. The monoisotopic (exact) mass is 579 g/mol. The van der Waals surface area contributed by atoms with Crippen LogP contribution in [0.5, 0.6) is 0 Å². The van der Waals surface area contributed by atoms with Gasteiger partial charge >= 0.3 is 6.18 Å². The lowest BCUT2D eigenvalue weighted by Gasteiger charge is -2.33. The fraction of sp³-hybridized carbons (Fsp3) is 0.444. The van der Waals surface area contributed by atoms with Gasteiger partial charge in [0.2, 0.25) is 11.7 Å². The van der Waals surface area contributed by atoms with E-state index in [9.17, 15) is 26.7 Å². The number of likely N-dealkylation sites (tertiary alicyclic amines) is 1. The summed E-state index contributed by atoms with van der Waals surface area (Å²) >= 11 is 0. The molecule has 1 aliphatic rings. The first kappa shape index (κ1) is 28.6. The van der Waals surface area contributed by atoms with Gasteiger partial charge in [-0.1, -0.05) is 11.2 Å². The Morgan fingerprint density at radius 2 is 2.07 bits per heavy atom. The lowest BCUT2D eigenvalue weighted by atomic mass is 10.0. The molecule has 0 saturated carbocycles. The third kappa shape index (κ3) is 6.37. The molecule has 220 valence electrons. The van der Waals surface area contributed by atoms with E-state index in [1.807, 2.05) is 11.9 Å². The number of aromatic nitrogens is 4. The van der Waals surface area contributed by atoms with E-state index in [0.29, 0.717) is 29.6 Å². The highest BCUT2D eigenvalue weighted by molar-refractivity contribution is 5.96. The molecule has 1 amide bonds. The maximum Gasteiger partial charge on any atom is 0.406 e. The Hall–Kier alpha value is -3.94. The van der Waals surface area contributed by atoms with Crippen molar-refractivity contribution in [1.82, 2.24) is 29.5 Å². The smallest absolute Gasteiger partial charge is 0.379 e. The Labute approximate surface area is 232 Å². The van der Waals surface area contributed by atoms with E-state index < -0.39 is 43.6 Å². The average molecular weight is 580 g/mol. The van der Waals surface area contributed by atoms with E-state index >= 15 is 0 Å². The van der Waals surface area contributed by atoms with Crippen molar-refractivity contribution in [2.24, 2.45) is 0 Å². The first-order chi connectivity index (χ1) is 19.5. The number of piperidine rings is 1. The zero-order chi connectivity index (χ0) is 29.3. The number of halogens is 5. The first-order valence-electron chi connectivity index (χ1n) is 13.1. The lowest BCUT2D eigenvalue weighted by molar-refractivity contribution is -0.139. The van der Waals surface area contributed by atoms with Gasteiger partial charge in [-0.15, -0.1) is 0 Å². The molecule has 0 spiro atoms. The third-order valence-corrected chi connectivity index (χ3v) is 7.17. The normalized spacial score (nSPS) is 19.0. The molecule has 1 saturated heterocycles. The first-order valence-corrected chi connectivity index (χ1v) is 13.1. The Morgan fingerprint density at radius 1 is 1.27 bits per heavy atom. The molecule has 3 aromatic heterocycles. The van der Waals surface area contributed by atoms with Crippen LogP contribution in [-0.4, -0.2) is 75.3 Å². The molecular formula is C27H30F5N7O2. The van der Waals surface area contributed by atoms with Crippen LogP contribution in [0.4, 0.5) is 27.6 Å². The minimum Gasteiger partial charge on any atom is -0.379 e. The number of nitrogens with zero attached hydrogens (tertiary/aromatic N) is 5. The number of carbonyl (C=O) groups excluding carboxylic acids is 1. The number of amides is 1. The predicted octanol–water partition coefficient (Wildman–Crippen LogP) is 4.97. The van der Waals surface area contributed by atoms with Crippen molar-refractivity contribution in [2.75, 3.05) is 32.1 Å². The molecular weight excluding hydrogens is 549 g/mol. The van der Waals surface area contributed by atoms with E-state index in [-0.39, 0.29) is 36.0 Å². The van der Waals surface area contributed by atoms with Crippen LogP contribution in [0.2, 0.25) is 0 Å². The molecule has 1 aromatic carbocycles. The van der Waals surface area contributed by atoms with Gasteiger partial charge < -0.3 is 29.2 Å². The van der Waals surface area contributed by atoms with Crippen molar-refractivity contribution in [3.05, 3.63) is 54.2 Å². The fourth-order valence-corrected chi connectivity index (χ4v) is 4.95. The standard InChI is InChI=1S/C27H30F5N7O2/c1-16(11-28)38-9-6-17(13-38)26(40)33-12-24-35-25(36-41-24)23-10-18-20(34-21-7-8-37(2)14-19(21)29)4-3-5-22(18)39(23)15-27(30,31)32/h3-6,9-10,13,16,19,21,34H,7-8,11-12,14-15H2,1-2H3,(H,33,40)/t16?,19-,21+/m0/s1. The maximum atomic E-state index is 14.7. The maximum absolute atomic E-state index is 14.7. The molecule has 5 rings (SSSR count). The van der Waals surface area contributed by atoms with Gasteiger partial charge in [0, 0.05) is 36.6 Å². The number of carbonyl (C=O) groups is 1. The number of fused-ring (bicyclic) bond motifs is 1. The highest BCUT2D eigenvalue weighted by Crippen LogP contribution is 2.35. The third-order valence-electron chi connectivity index (χ3n) is 7.17. The summed E-state index contributed by atoms with van der Waals surface area (Å²) in [5.74, 6) is -0.568. The number of anilines is 1. The summed E-state index contributed by atoms with van der Waals surface area (Å²) in [6.07, 6.45) is -2.03.